The van der Waals surface area contributed by atoms with Crippen molar-refractivity contribution in [1.29, 1.82) is 0 Å². The van der Waals surface area contributed by atoms with Gasteiger partial charge in [0.05, 0.1) is 23.4 Å². The molecule has 0 saturated carbocycles. The molecule has 0 bridgehead atoms. The van der Waals surface area contributed by atoms with E-state index in [-0.39, 0.29) is 39.1 Å². The molecule has 0 aliphatic carbocycles. The van der Waals surface area contributed by atoms with Gasteiger partial charge in [-0.3, -0.25) is 43.3 Å². The number of nitrogens with one attached hydrogen (secondary N) is 2. The summed E-state index contributed by atoms with van der Waals surface area (Å²) >= 11 is 0. The fourth-order valence-corrected chi connectivity index (χ4v) is 4.95. The first-order valence-corrected chi connectivity index (χ1v) is 14.5. The Morgan fingerprint density at radius 3 is 1.61 bits per heavy atom. The van der Waals surface area contributed by atoms with Gasteiger partial charge >= 0.3 is 0 Å². The molecule has 15 nitrogen and oxygen atoms in total. The highest BCUT2D eigenvalue weighted by molar-refractivity contribution is 6.23. The van der Waals surface area contributed by atoms with Crippen LogP contribution in [0.4, 0.5) is 17.1 Å². The Kier molecular flexibility index (Phi) is 9.38. The van der Waals surface area contributed by atoms with Crippen molar-refractivity contribution in [3.63, 3.8) is 0 Å². The normalized spacial score (nSPS) is 11.8. The number of nitrogens with zero attached hydrogens (tertiary/aromatic N) is 2. The average Bonchev–Trinajstić information content (AvgIpc) is 3.33. The third kappa shape index (κ3) is 7.06. The lowest BCUT2D eigenvalue weighted by atomic mass is 10.1. The van der Waals surface area contributed by atoms with Gasteiger partial charge in [0.15, 0.2) is 0 Å². The van der Waals surface area contributed by atoms with E-state index in [1.165, 1.54) is 60.7 Å². The van der Waals surface area contributed by atoms with Crippen LogP contribution < -0.4 is 32.7 Å². The number of primary amides is 2. The maximum Gasteiger partial charge on any atom is 0.265 e. The highest BCUT2D eigenvalue weighted by atomic mass is 16.2. The van der Waals surface area contributed by atoms with Crippen molar-refractivity contribution in [2.45, 2.75) is 0 Å². The Hall–Kier alpha value is -7.00. The molecule has 0 unspecified atom stereocenters. The Labute approximate surface area is 277 Å². The summed E-state index contributed by atoms with van der Waals surface area (Å²) in [7, 11) is 0. The van der Waals surface area contributed by atoms with Crippen molar-refractivity contribution in [1.82, 2.24) is 4.90 Å². The van der Waals surface area contributed by atoms with Gasteiger partial charge in [-0.25, -0.2) is 4.90 Å². The zero-order valence-electron chi connectivity index (χ0n) is 25.5. The van der Waals surface area contributed by atoms with Crippen molar-refractivity contribution in [2.24, 2.45) is 17.2 Å². The van der Waals surface area contributed by atoms with Crippen LogP contribution in [0, 0.1) is 0 Å². The topological polar surface area (TPSA) is 245 Å². The van der Waals surface area contributed by atoms with Gasteiger partial charge < -0.3 is 27.8 Å². The predicted molar refractivity (Wildman–Crippen MR) is 176 cm³/mol. The van der Waals surface area contributed by atoms with Crippen LogP contribution in [0.2, 0.25) is 0 Å². The molecule has 0 saturated heterocycles. The van der Waals surface area contributed by atoms with E-state index in [1.54, 1.807) is 12.1 Å². The molecule has 8 amide bonds. The molecule has 0 spiro atoms. The first kappa shape index (κ1) is 33.4. The number of fused-ring (bicyclic) bond motifs is 1. The number of imide groups is 2. The van der Waals surface area contributed by atoms with Gasteiger partial charge in [-0.2, -0.15) is 0 Å². The summed E-state index contributed by atoms with van der Waals surface area (Å²) in [5.41, 5.74) is 17.0. The van der Waals surface area contributed by atoms with Gasteiger partial charge in [0.2, 0.25) is 23.6 Å². The molecule has 0 fully saturated rings. The minimum Gasteiger partial charge on any atom is -0.366 e. The van der Waals surface area contributed by atoms with Crippen molar-refractivity contribution >= 4 is 64.3 Å². The third-order valence-electron chi connectivity index (χ3n) is 7.37. The zero-order chi connectivity index (χ0) is 35.4. The number of rotatable bonds is 10. The summed E-state index contributed by atoms with van der Waals surface area (Å²) in [5, 5.41) is 5.25. The van der Waals surface area contributed by atoms with E-state index in [2.05, 4.69) is 10.6 Å². The standard InChI is InChI=1S/C34H27N7O8/c35-16-28(43)41(24-14-20(29(36)44)13-21(15-24)30(37)45)32(47)19-7-11-23(12-8-19)39-31(46)18-5-9-22(10-6-18)38-27(42)17-40-33(48)25-3-1-2-4-26(25)34(40)49/h1-15H,16-17,35H2,(H2,36,44)(H2,37,45)(H,38,42)(H,39,46). The lowest BCUT2D eigenvalue weighted by molar-refractivity contribution is -0.117. The van der Waals surface area contributed by atoms with Gasteiger partial charge in [-0.05, 0) is 78.9 Å². The van der Waals surface area contributed by atoms with Crippen molar-refractivity contribution in [2.75, 3.05) is 28.6 Å². The molecule has 49 heavy (non-hydrogen) atoms. The molecule has 1 aliphatic heterocycles. The van der Waals surface area contributed by atoms with Crippen molar-refractivity contribution < 1.29 is 38.4 Å². The molecule has 0 atom stereocenters. The Morgan fingerprint density at radius 1 is 0.633 bits per heavy atom. The van der Waals surface area contributed by atoms with Crippen LogP contribution in [-0.4, -0.2) is 65.2 Å². The summed E-state index contributed by atoms with van der Waals surface area (Å²) in [5.74, 6) is -5.78. The number of nitrogens with two attached hydrogens (primary N) is 3. The summed E-state index contributed by atoms with van der Waals surface area (Å²) in [6.07, 6.45) is 0. The maximum absolute atomic E-state index is 13.4. The summed E-state index contributed by atoms with van der Waals surface area (Å²) < 4.78 is 0. The van der Waals surface area contributed by atoms with Gasteiger partial charge in [0, 0.05) is 33.6 Å². The number of anilines is 3. The Balaban J connectivity index is 1.23. The lowest BCUT2D eigenvalue weighted by Gasteiger charge is -2.21. The average molecular weight is 662 g/mol. The largest absolute Gasteiger partial charge is 0.366 e. The van der Waals surface area contributed by atoms with Crippen LogP contribution in [0.1, 0.15) is 62.1 Å². The molecule has 1 aliphatic rings. The predicted octanol–water partition coefficient (Wildman–Crippen LogP) is 1.50. The number of carbonyl (C=O) groups excluding carboxylic acids is 8. The first-order chi connectivity index (χ1) is 23.4. The summed E-state index contributed by atoms with van der Waals surface area (Å²) in [6, 6.07) is 21.1. The van der Waals surface area contributed by atoms with Crippen LogP contribution in [0.15, 0.2) is 91.0 Å². The maximum atomic E-state index is 13.4. The summed E-state index contributed by atoms with van der Waals surface area (Å²) in [4.78, 5) is 102. The van der Waals surface area contributed by atoms with E-state index in [0.29, 0.717) is 16.3 Å². The van der Waals surface area contributed by atoms with E-state index in [4.69, 9.17) is 17.2 Å². The molecule has 0 aromatic heterocycles. The van der Waals surface area contributed by atoms with E-state index in [9.17, 15) is 38.4 Å². The SMILES string of the molecule is NCC(=O)N(C(=O)c1ccc(NC(=O)c2ccc(NC(=O)CN3C(=O)c4ccccc4C3=O)cc2)cc1)c1cc(C(N)=O)cc(C(N)=O)c1. The van der Waals surface area contributed by atoms with Gasteiger partial charge in [0.1, 0.15) is 6.54 Å². The van der Waals surface area contributed by atoms with E-state index in [0.717, 1.165) is 23.1 Å². The van der Waals surface area contributed by atoms with E-state index < -0.39 is 60.3 Å². The molecule has 0 radical (unpaired) electrons. The highest BCUT2D eigenvalue weighted by Crippen LogP contribution is 2.24. The fourth-order valence-electron chi connectivity index (χ4n) is 4.95. The van der Waals surface area contributed by atoms with E-state index >= 15 is 0 Å². The minimum atomic E-state index is -0.920. The Bertz CT molecular complexity index is 1990. The molecule has 246 valence electrons. The molecule has 4 aromatic carbocycles. The lowest BCUT2D eigenvalue weighted by Crippen LogP contribution is -2.41. The third-order valence-corrected chi connectivity index (χ3v) is 7.37. The second kappa shape index (κ2) is 13.8. The second-order valence-corrected chi connectivity index (χ2v) is 10.6. The fraction of sp³-hybridized carbons (Fsp3) is 0.0588. The molecule has 5 rings (SSSR count). The smallest absolute Gasteiger partial charge is 0.265 e. The molecule has 8 N–H and O–H groups in total. The zero-order valence-corrected chi connectivity index (χ0v) is 25.5. The van der Waals surface area contributed by atoms with Gasteiger partial charge in [-0.15, -0.1) is 0 Å². The number of benzene rings is 4. The molecule has 15 heteroatoms. The Morgan fingerprint density at radius 2 is 1.12 bits per heavy atom. The molecular weight excluding hydrogens is 634 g/mol. The summed E-state index contributed by atoms with van der Waals surface area (Å²) in [6.45, 7) is -1.07. The van der Waals surface area contributed by atoms with Crippen molar-refractivity contribution in [3.05, 3.63) is 124 Å². The van der Waals surface area contributed by atoms with Crippen LogP contribution in [-0.2, 0) is 9.59 Å². The molecular formula is C34H27N7O8. The number of amides is 8. The van der Waals surface area contributed by atoms with Gasteiger partial charge in [-0.1, -0.05) is 12.1 Å². The second-order valence-electron chi connectivity index (χ2n) is 10.6. The minimum absolute atomic E-state index is 0.00575. The molecule has 4 aromatic rings. The number of carbonyl (C=O) groups is 8. The monoisotopic (exact) mass is 661 g/mol. The van der Waals surface area contributed by atoms with Crippen LogP contribution in [0.3, 0.4) is 0 Å². The van der Waals surface area contributed by atoms with Gasteiger partial charge in [0.25, 0.3) is 23.6 Å². The quantitative estimate of drug-likeness (QED) is 0.154. The molecule has 1 heterocycles. The van der Waals surface area contributed by atoms with Crippen LogP contribution >= 0.6 is 0 Å². The van der Waals surface area contributed by atoms with Crippen molar-refractivity contribution in [3.8, 4) is 0 Å². The van der Waals surface area contributed by atoms with Crippen LogP contribution in [0.25, 0.3) is 0 Å². The number of hydrogen-bond acceptors (Lipinski definition) is 9. The van der Waals surface area contributed by atoms with Crippen LogP contribution in [0.5, 0.6) is 0 Å². The highest BCUT2D eigenvalue weighted by Gasteiger charge is 2.36. The number of hydrogen-bond donors (Lipinski definition) is 5. The first-order valence-electron chi connectivity index (χ1n) is 14.5. The van der Waals surface area contributed by atoms with E-state index in [1.807, 2.05) is 0 Å².